The lowest BCUT2D eigenvalue weighted by atomic mass is 10.2. The van der Waals surface area contributed by atoms with Crippen LogP contribution in [0.15, 0.2) is 64.4 Å². The van der Waals surface area contributed by atoms with E-state index in [0.717, 1.165) is 11.3 Å². The van der Waals surface area contributed by atoms with Crippen LogP contribution in [0.1, 0.15) is 11.3 Å². The first-order chi connectivity index (χ1) is 10.9. The molecule has 0 saturated carbocycles. The molecule has 2 N–H and O–H groups in total. The first-order valence-corrected chi connectivity index (χ1v) is 8.62. The Morgan fingerprint density at radius 1 is 0.957 bits per heavy atom. The lowest BCUT2D eigenvalue weighted by Crippen LogP contribution is -2.07. The number of sulfone groups is 1. The van der Waals surface area contributed by atoms with Crippen molar-refractivity contribution in [2.75, 3.05) is 5.73 Å². The van der Waals surface area contributed by atoms with Gasteiger partial charge in [-0.1, -0.05) is 35.9 Å². The third-order valence-corrected chi connectivity index (χ3v) is 5.57. The van der Waals surface area contributed by atoms with Gasteiger partial charge in [-0.3, -0.25) is 0 Å². The van der Waals surface area contributed by atoms with Gasteiger partial charge in [0.2, 0.25) is 9.84 Å². The molecule has 1 aromatic heterocycles. The second-order valence-electron chi connectivity index (χ2n) is 5.36. The van der Waals surface area contributed by atoms with E-state index in [1.165, 1.54) is 4.68 Å². The van der Waals surface area contributed by atoms with E-state index in [4.69, 9.17) is 5.73 Å². The summed E-state index contributed by atoms with van der Waals surface area (Å²) in [6, 6.07) is 15.9. The summed E-state index contributed by atoms with van der Waals surface area (Å²) in [7, 11) is -3.71. The summed E-state index contributed by atoms with van der Waals surface area (Å²) in [5, 5.41) is 4.30. The smallest absolute Gasteiger partial charge is 0.212 e. The van der Waals surface area contributed by atoms with E-state index in [1.807, 2.05) is 37.3 Å². The number of hydrogen-bond donors (Lipinski definition) is 1. The number of nitrogens with two attached hydrogens (primary N) is 1. The number of hydrogen-bond acceptors (Lipinski definition) is 4. The Kier molecular flexibility index (Phi) is 3.69. The summed E-state index contributed by atoms with van der Waals surface area (Å²) < 4.78 is 27.3. The molecule has 0 spiro atoms. The Morgan fingerprint density at radius 2 is 1.57 bits per heavy atom. The predicted molar refractivity (Wildman–Crippen MR) is 89.3 cm³/mol. The van der Waals surface area contributed by atoms with Gasteiger partial charge in [0.25, 0.3) is 0 Å². The molecule has 0 aliphatic rings. The third kappa shape index (κ3) is 2.61. The van der Waals surface area contributed by atoms with Gasteiger partial charge < -0.3 is 5.73 Å². The van der Waals surface area contributed by atoms with Crippen LogP contribution < -0.4 is 5.73 Å². The molecule has 2 aromatic carbocycles. The molecule has 118 valence electrons. The maximum absolute atomic E-state index is 12.9. The van der Waals surface area contributed by atoms with Crippen molar-refractivity contribution < 1.29 is 8.42 Å². The summed E-state index contributed by atoms with van der Waals surface area (Å²) in [5.74, 6) is 0.120. The monoisotopic (exact) mass is 327 g/mol. The second kappa shape index (κ2) is 5.55. The Balaban J connectivity index is 2.17. The van der Waals surface area contributed by atoms with Gasteiger partial charge in [0.1, 0.15) is 10.7 Å². The van der Waals surface area contributed by atoms with Gasteiger partial charge in [-0.15, -0.1) is 0 Å². The normalized spacial score (nSPS) is 11.6. The lowest BCUT2D eigenvalue weighted by Gasteiger charge is -2.07. The number of nitrogen functional groups attached to an aromatic ring is 1. The van der Waals surface area contributed by atoms with E-state index in [2.05, 4.69) is 5.10 Å². The van der Waals surface area contributed by atoms with Gasteiger partial charge in [-0.2, -0.15) is 5.10 Å². The molecule has 3 aromatic rings. The molecular weight excluding hydrogens is 310 g/mol. The number of anilines is 1. The van der Waals surface area contributed by atoms with Crippen LogP contribution in [0, 0.1) is 13.8 Å². The van der Waals surface area contributed by atoms with E-state index in [9.17, 15) is 8.42 Å². The molecule has 3 rings (SSSR count). The quantitative estimate of drug-likeness (QED) is 0.802. The van der Waals surface area contributed by atoms with Crippen molar-refractivity contribution in [3.63, 3.8) is 0 Å². The van der Waals surface area contributed by atoms with Crippen molar-refractivity contribution in [3.8, 4) is 5.69 Å². The van der Waals surface area contributed by atoms with Crippen LogP contribution in [0.2, 0.25) is 0 Å². The lowest BCUT2D eigenvalue weighted by molar-refractivity contribution is 0.596. The molecule has 0 unspecified atom stereocenters. The molecular formula is C17H17N3O2S. The molecule has 6 heteroatoms. The maximum Gasteiger partial charge on any atom is 0.212 e. The van der Waals surface area contributed by atoms with Gasteiger partial charge in [0.15, 0.2) is 0 Å². The van der Waals surface area contributed by atoms with Crippen LogP contribution in [0.25, 0.3) is 5.69 Å². The SMILES string of the molecule is Cc1ccc(S(=O)(=O)c2c(C)nn(-c3ccccc3)c2N)cc1. The van der Waals surface area contributed by atoms with Gasteiger partial charge >= 0.3 is 0 Å². The summed E-state index contributed by atoms with van der Waals surface area (Å²) in [4.78, 5) is 0.274. The zero-order chi connectivity index (χ0) is 16.6. The molecule has 0 bridgehead atoms. The number of rotatable bonds is 3. The highest BCUT2D eigenvalue weighted by Crippen LogP contribution is 2.30. The van der Waals surface area contributed by atoms with Crippen LogP contribution in [0.3, 0.4) is 0 Å². The second-order valence-corrected chi connectivity index (χ2v) is 7.25. The molecule has 0 atom stereocenters. The standard InChI is InChI=1S/C17H17N3O2S/c1-12-8-10-15(11-9-12)23(21,22)16-13(2)19-20(17(16)18)14-6-4-3-5-7-14/h3-11H,18H2,1-2H3. The average Bonchev–Trinajstić information content (AvgIpc) is 2.84. The summed E-state index contributed by atoms with van der Waals surface area (Å²) in [6.45, 7) is 3.56. The minimum atomic E-state index is -3.71. The van der Waals surface area contributed by atoms with Crippen molar-refractivity contribution >= 4 is 15.7 Å². The Hall–Kier alpha value is -2.60. The Morgan fingerprint density at radius 3 is 2.17 bits per heavy atom. The summed E-state index contributed by atoms with van der Waals surface area (Å²) >= 11 is 0. The van der Waals surface area contributed by atoms with Crippen molar-refractivity contribution in [2.45, 2.75) is 23.6 Å². The highest BCUT2D eigenvalue weighted by atomic mass is 32.2. The van der Waals surface area contributed by atoms with Gasteiger partial charge in [0, 0.05) is 0 Å². The van der Waals surface area contributed by atoms with E-state index in [1.54, 1.807) is 31.2 Å². The number of para-hydroxylation sites is 1. The maximum atomic E-state index is 12.9. The number of aryl methyl sites for hydroxylation is 2. The largest absolute Gasteiger partial charge is 0.382 e. The molecule has 23 heavy (non-hydrogen) atoms. The van der Waals surface area contributed by atoms with Gasteiger partial charge in [0.05, 0.1) is 16.3 Å². The molecule has 1 heterocycles. The molecule has 0 aliphatic heterocycles. The minimum Gasteiger partial charge on any atom is -0.382 e. The highest BCUT2D eigenvalue weighted by Gasteiger charge is 2.27. The average molecular weight is 327 g/mol. The highest BCUT2D eigenvalue weighted by molar-refractivity contribution is 7.91. The topological polar surface area (TPSA) is 78.0 Å². The summed E-state index contributed by atoms with van der Waals surface area (Å²) in [5.41, 5.74) is 8.21. The minimum absolute atomic E-state index is 0.0604. The first kappa shape index (κ1) is 15.3. The predicted octanol–water partition coefficient (Wildman–Crippen LogP) is 2.90. The van der Waals surface area contributed by atoms with Crippen LogP contribution in [0.5, 0.6) is 0 Å². The molecule has 0 aliphatic carbocycles. The summed E-state index contributed by atoms with van der Waals surface area (Å²) in [6.07, 6.45) is 0. The van der Waals surface area contributed by atoms with Gasteiger partial charge in [-0.25, -0.2) is 13.1 Å². The van der Waals surface area contributed by atoms with Crippen LogP contribution in [-0.4, -0.2) is 18.2 Å². The first-order valence-electron chi connectivity index (χ1n) is 7.13. The zero-order valence-corrected chi connectivity index (χ0v) is 13.7. The van der Waals surface area contributed by atoms with Gasteiger partial charge in [-0.05, 0) is 38.1 Å². The zero-order valence-electron chi connectivity index (χ0n) is 12.9. The molecule has 5 nitrogen and oxygen atoms in total. The molecule has 0 radical (unpaired) electrons. The van der Waals surface area contributed by atoms with E-state index < -0.39 is 9.84 Å². The molecule has 0 fully saturated rings. The van der Waals surface area contributed by atoms with Crippen molar-refractivity contribution in [3.05, 3.63) is 65.9 Å². The van der Waals surface area contributed by atoms with E-state index in [0.29, 0.717) is 5.69 Å². The fraction of sp³-hybridized carbons (Fsp3) is 0.118. The molecule has 0 saturated heterocycles. The fourth-order valence-corrected chi connectivity index (χ4v) is 3.99. The van der Waals surface area contributed by atoms with Crippen molar-refractivity contribution in [2.24, 2.45) is 0 Å². The Bertz CT molecular complexity index is 944. The van der Waals surface area contributed by atoms with Crippen molar-refractivity contribution in [1.29, 1.82) is 0 Å². The Labute approximate surface area is 135 Å². The van der Waals surface area contributed by atoms with E-state index in [-0.39, 0.29) is 15.6 Å². The number of nitrogens with zero attached hydrogens (tertiary/aromatic N) is 2. The van der Waals surface area contributed by atoms with Crippen molar-refractivity contribution in [1.82, 2.24) is 9.78 Å². The fourth-order valence-electron chi connectivity index (χ4n) is 2.46. The third-order valence-electron chi connectivity index (χ3n) is 3.64. The van der Waals surface area contributed by atoms with Crippen LogP contribution in [0.4, 0.5) is 5.82 Å². The number of benzene rings is 2. The van der Waals surface area contributed by atoms with Crippen LogP contribution in [-0.2, 0) is 9.84 Å². The van der Waals surface area contributed by atoms with E-state index >= 15 is 0 Å². The molecule has 0 amide bonds. The number of aromatic nitrogens is 2. The van der Waals surface area contributed by atoms with Crippen LogP contribution >= 0.6 is 0 Å².